The van der Waals surface area contributed by atoms with Crippen molar-refractivity contribution in [1.29, 1.82) is 0 Å². The summed E-state index contributed by atoms with van der Waals surface area (Å²) < 4.78 is 5.65. The summed E-state index contributed by atoms with van der Waals surface area (Å²) in [6, 6.07) is 8.18. The minimum atomic E-state index is 0.0357. The van der Waals surface area contributed by atoms with Gasteiger partial charge in [-0.15, -0.1) is 0 Å². The number of rotatable bonds is 9. The summed E-state index contributed by atoms with van der Waals surface area (Å²) in [5.41, 5.74) is 0.786. The monoisotopic (exact) mass is 291 g/mol. The lowest BCUT2D eigenvalue weighted by Crippen LogP contribution is -2.23. The Morgan fingerprint density at radius 1 is 1.38 bits per heavy atom. The summed E-state index contributed by atoms with van der Waals surface area (Å²) in [5.74, 6) is 0.819. The van der Waals surface area contributed by atoms with E-state index < -0.39 is 0 Å². The van der Waals surface area contributed by atoms with Crippen molar-refractivity contribution in [2.75, 3.05) is 39.1 Å². The molecule has 5 heteroatoms. The Morgan fingerprint density at radius 2 is 2.19 bits per heavy atom. The SMILES string of the molecule is CN(C)CCOc1cccc(NC(=O)CCNC2CC2)c1. The molecular weight excluding hydrogens is 266 g/mol. The van der Waals surface area contributed by atoms with Crippen molar-refractivity contribution < 1.29 is 9.53 Å². The number of nitrogens with zero attached hydrogens (tertiary/aromatic N) is 1. The number of carbonyl (C=O) groups excluding carboxylic acids is 1. The van der Waals surface area contributed by atoms with Gasteiger partial charge < -0.3 is 20.3 Å². The Kier molecular flexibility index (Phi) is 6.02. The maximum absolute atomic E-state index is 11.8. The molecule has 0 saturated heterocycles. The van der Waals surface area contributed by atoms with Gasteiger partial charge in [-0.1, -0.05) is 6.07 Å². The number of benzene rings is 1. The summed E-state index contributed by atoms with van der Waals surface area (Å²) in [5, 5.41) is 6.24. The molecule has 0 heterocycles. The average molecular weight is 291 g/mol. The lowest BCUT2D eigenvalue weighted by molar-refractivity contribution is -0.116. The van der Waals surface area contributed by atoms with E-state index in [2.05, 4.69) is 15.5 Å². The van der Waals surface area contributed by atoms with Crippen molar-refractivity contribution in [3.63, 3.8) is 0 Å². The molecule has 1 aliphatic rings. The van der Waals surface area contributed by atoms with Gasteiger partial charge in [0, 0.05) is 37.3 Å². The van der Waals surface area contributed by atoms with Crippen molar-refractivity contribution in [3.05, 3.63) is 24.3 Å². The van der Waals surface area contributed by atoms with Gasteiger partial charge in [0.05, 0.1) is 0 Å². The molecule has 1 aromatic carbocycles. The topological polar surface area (TPSA) is 53.6 Å². The highest BCUT2D eigenvalue weighted by atomic mass is 16.5. The van der Waals surface area contributed by atoms with Crippen LogP contribution < -0.4 is 15.4 Å². The number of carbonyl (C=O) groups is 1. The minimum Gasteiger partial charge on any atom is -0.492 e. The van der Waals surface area contributed by atoms with Crippen LogP contribution in [0.1, 0.15) is 19.3 Å². The molecule has 0 spiro atoms. The van der Waals surface area contributed by atoms with Crippen molar-refractivity contribution in [1.82, 2.24) is 10.2 Å². The van der Waals surface area contributed by atoms with E-state index >= 15 is 0 Å². The van der Waals surface area contributed by atoms with E-state index in [1.165, 1.54) is 12.8 Å². The predicted octanol–water partition coefficient (Wildman–Crippen LogP) is 1.71. The molecule has 1 aromatic rings. The highest BCUT2D eigenvalue weighted by Crippen LogP contribution is 2.19. The average Bonchev–Trinajstić information content (AvgIpc) is 3.23. The van der Waals surface area contributed by atoms with Gasteiger partial charge in [0.15, 0.2) is 0 Å². The lowest BCUT2D eigenvalue weighted by atomic mass is 10.3. The molecule has 21 heavy (non-hydrogen) atoms. The van der Waals surface area contributed by atoms with Crippen LogP contribution in [0.4, 0.5) is 5.69 Å². The second-order valence-electron chi connectivity index (χ2n) is 5.71. The molecule has 1 saturated carbocycles. The van der Waals surface area contributed by atoms with E-state index in [9.17, 15) is 4.79 Å². The van der Waals surface area contributed by atoms with Crippen molar-refractivity contribution in [2.24, 2.45) is 0 Å². The summed E-state index contributed by atoms with van der Waals surface area (Å²) in [6.07, 6.45) is 2.99. The highest BCUT2D eigenvalue weighted by molar-refractivity contribution is 5.91. The second kappa shape index (κ2) is 8.00. The maximum atomic E-state index is 11.8. The Bertz CT molecular complexity index is 459. The minimum absolute atomic E-state index is 0.0357. The quantitative estimate of drug-likeness (QED) is 0.727. The Balaban J connectivity index is 1.72. The van der Waals surface area contributed by atoms with Crippen LogP contribution in [0.5, 0.6) is 5.75 Å². The summed E-state index contributed by atoms with van der Waals surface area (Å²) in [6.45, 7) is 2.24. The van der Waals surface area contributed by atoms with E-state index in [-0.39, 0.29) is 5.91 Å². The number of ether oxygens (including phenoxy) is 1. The fourth-order valence-corrected chi connectivity index (χ4v) is 1.91. The van der Waals surface area contributed by atoms with Crippen molar-refractivity contribution in [2.45, 2.75) is 25.3 Å². The normalized spacial score (nSPS) is 14.2. The third-order valence-electron chi connectivity index (χ3n) is 3.29. The molecule has 1 aliphatic carbocycles. The Hall–Kier alpha value is -1.59. The van der Waals surface area contributed by atoms with Crippen LogP contribution >= 0.6 is 0 Å². The molecule has 0 bridgehead atoms. The third kappa shape index (κ3) is 6.60. The molecule has 1 fully saturated rings. The molecule has 0 aromatic heterocycles. The van der Waals surface area contributed by atoms with Crippen LogP contribution in [-0.4, -0.2) is 50.6 Å². The van der Waals surface area contributed by atoms with E-state index in [0.29, 0.717) is 19.1 Å². The molecule has 1 amide bonds. The molecule has 0 aliphatic heterocycles. The molecule has 0 atom stereocenters. The molecule has 5 nitrogen and oxygen atoms in total. The summed E-state index contributed by atoms with van der Waals surface area (Å²) in [7, 11) is 4.02. The van der Waals surface area contributed by atoms with Crippen molar-refractivity contribution >= 4 is 11.6 Å². The molecular formula is C16H25N3O2. The summed E-state index contributed by atoms with van der Waals surface area (Å²) >= 11 is 0. The first-order valence-electron chi connectivity index (χ1n) is 7.54. The first-order valence-corrected chi connectivity index (χ1v) is 7.54. The number of likely N-dealkylation sites (N-methyl/N-ethyl adjacent to an activating group) is 1. The molecule has 2 rings (SSSR count). The van der Waals surface area contributed by atoms with Gasteiger partial charge in [0.1, 0.15) is 12.4 Å². The van der Waals surface area contributed by atoms with Crippen LogP contribution in [0.15, 0.2) is 24.3 Å². The first-order chi connectivity index (χ1) is 10.1. The fourth-order valence-electron chi connectivity index (χ4n) is 1.91. The Labute approximate surface area is 126 Å². The van der Waals surface area contributed by atoms with E-state index in [4.69, 9.17) is 4.74 Å². The van der Waals surface area contributed by atoms with Gasteiger partial charge in [0.2, 0.25) is 5.91 Å². The molecule has 2 N–H and O–H groups in total. The number of nitrogens with one attached hydrogen (secondary N) is 2. The van der Waals surface area contributed by atoms with Gasteiger partial charge in [-0.2, -0.15) is 0 Å². The van der Waals surface area contributed by atoms with Crippen LogP contribution in [0, 0.1) is 0 Å². The Morgan fingerprint density at radius 3 is 2.90 bits per heavy atom. The molecule has 116 valence electrons. The van der Waals surface area contributed by atoms with Crippen molar-refractivity contribution in [3.8, 4) is 5.75 Å². The number of hydrogen-bond donors (Lipinski definition) is 2. The number of anilines is 1. The van der Waals surface area contributed by atoms with E-state index in [1.807, 2.05) is 38.4 Å². The zero-order chi connectivity index (χ0) is 15.1. The van der Waals surface area contributed by atoms with Crippen LogP contribution in [-0.2, 0) is 4.79 Å². The van der Waals surface area contributed by atoms with Crippen LogP contribution in [0.3, 0.4) is 0 Å². The largest absolute Gasteiger partial charge is 0.492 e. The standard InChI is InChI=1S/C16H25N3O2/c1-19(2)10-11-21-15-5-3-4-14(12-15)18-16(20)8-9-17-13-6-7-13/h3-5,12-13,17H,6-11H2,1-2H3,(H,18,20). The molecule has 0 radical (unpaired) electrons. The first kappa shape index (κ1) is 15.8. The third-order valence-corrected chi connectivity index (χ3v) is 3.29. The maximum Gasteiger partial charge on any atom is 0.225 e. The zero-order valence-corrected chi connectivity index (χ0v) is 12.9. The lowest BCUT2D eigenvalue weighted by Gasteiger charge is -2.12. The van der Waals surface area contributed by atoms with Gasteiger partial charge in [-0.25, -0.2) is 0 Å². The van der Waals surface area contributed by atoms with Crippen LogP contribution in [0.25, 0.3) is 0 Å². The van der Waals surface area contributed by atoms with Gasteiger partial charge in [-0.3, -0.25) is 4.79 Å². The van der Waals surface area contributed by atoms with Crippen LogP contribution in [0.2, 0.25) is 0 Å². The second-order valence-corrected chi connectivity index (χ2v) is 5.71. The smallest absolute Gasteiger partial charge is 0.225 e. The fraction of sp³-hybridized carbons (Fsp3) is 0.562. The van der Waals surface area contributed by atoms with Gasteiger partial charge in [0.25, 0.3) is 0 Å². The van der Waals surface area contributed by atoms with E-state index in [1.54, 1.807) is 0 Å². The van der Waals surface area contributed by atoms with E-state index in [0.717, 1.165) is 24.5 Å². The van der Waals surface area contributed by atoms with Gasteiger partial charge >= 0.3 is 0 Å². The summed E-state index contributed by atoms with van der Waals surface area (Å²) in [4.78, 5) is 13.9. The number of amides is 1. The molecule has 0 unspecified atom stereocenters. The zero-order valence-electron chi connectivity index (χ0n) is 12.9. The highest BCUT2D eigenvalue weighted by Gasteiger charge is 2.20. The van der Waals surface area contributed by atoms with Gasteiger partial charge in [-0.05, 0) is 39.1 Å². The number of hydrogen-bond acceptors (Lipinski definition) is 4. The predicted molar refractivity (Wildman–Crippen MR) is 84.8 cm³/mol.